The zero-order valence-corrected chi connectivity index (χ0v) is 11.6. The monoisotopic (exact) mass is 285 g/mol. The van der Waals surface area contributed by atoms with Crippen molar-refractivity contribution >= 4 is 23.2 Å². The van der Waals surface area contributed by atoms with Crippen molar-refractivity contribution in [3.05, 3.63) is 16.1 Å². The number of nitrogens with zero attached hydrogens (tertiary/aromatic N) is 1. The van der Waals surface area contributed by atoms with Crippen LogP contribution in [0.2, 0.25) is 0 Å². The van der Waals surface area contributed by atoms with Gasteiger partial charge in [0.2, 0.25) is 5.91 Å². The Morgan fingerprint density at radius 1 is 1.47 bits per heavy atom. The Bertz CT molecular complexity index is 420. The molecule has 6 nitrogen and oxygen atoms in total. The van der Waals surface area contributed by atoms with E-state index in [9.17, 15) is 14.7 Å². The molecule has 106 valence electrons. The molecule has 0 spiro atoms. The lowest BCUT2D eigenvalue weighted by Gasteiger charge is -2.04. The molecule has 0 aromatic carbocycles. The number of carbonyl (C=O) groups is 2. The second kappa shape index (κ2) is 8.60. The van der Waals surface area contributed by atoms with E-state index in [2.05, 4.69) is 10.3 Å². The van der Waals surface area contributed by atoms with Crippen molar-refractivity contribution in [2.24, 2.45) is 0 Å². The SMILES string of the molecule is CCOCCCNC(=O)Cc1nc(CC(=O)[O-])cs1. The highest BCUT2D eigenvalue weighted by Gasteiger charge is 2.07. The van der Waals surface area contributed by atoms with Crippen molar-refractivity contribution < 1.29 is 19.4 Å². The van der Waals surface area contributed by atoms with E-state index in [1.807, 2.05) is 6.92 Å². The molecule has 1 aromatic rings. The largest absolute Gasteiger partial charge is 0.550 e. The standard InChI is InChI=1S/C12H18N2O4S/c1-2-18-5-3-4-13-10(15)7-11-14-9(8-19-11)6-12(16)17/h8H,2-7H2,1H3,(H,13,15)(H,16,17)/p-1. The number of carbonyl (C=O) groups excluding carboxylic acids is 2. The number of rotatable bonds is 9. The average Bonchev–Trinajstić information content (AvgIpc) is 2.75. The molecule has 1 aromatic heterocycles. The van der Waals surface area contributed by atoms with Gasteiger partial charge < -0.3 is 20.0 Å². The normalized spacial score (nSPS) is 10.4. The van der Waals surface area contributed by atoms with Gasteiger partial charge in [-0.25, -0.2) is 4.98 Å². The Kier molecular flexibility index (Phi) is 7.06. The summed E-state index contributed by atoms with van der Waals surface area (Å²) < 4.78 is 5.15. The van der Waals surface area contributed by atoms with Crippen molar-refractivity contribution in [3.63, 3.8) is 0 Å². The number of aliphatic carboxylic acids is 1. The summed E-state index contributed by atoms with van der Waals surface area (Å²) in [5.74, 6) is -1.29. The van der Waals surface area contributed by atoms with E-state index in [4.69, 9.17) is 4.74 Å². The summed E-state index contributed by atoms with van der Waals surface area (Å²) in [6, 6.07) is 0. The van der Waals surface area contributed by atoms with Gasteiger partial charge in [0.1, 0.15) is 5.01 Å². The van der Waals surface area contributed by atoms with Gasteiger partial charge >= 0.3 is 0 Å². The van der Waals surface area contributed by atoms with E-state index in [1.54, 1.807) is 5.38 Å². The summed E-state index contributed by atoms with van der Waals surface area (Å²) in [6.07, 6.45) is 0.728. The molecule has 0 bridgehead atoms. The molecular weight excluding hydrogens is 268 g/mol. The summed E-state index contributed by atoms with van der Waals surface area (Å²) in [7, 11) is 0. The van der Waals surface area contributed by atoms with Gasteiger partial charge in [-0.2, -0.15) is 0 Å². The topological polar surface area (TPSA) is 91.3 Å². The minimum atomic E-state index is -1.17. The van der Waals surface area contributed by atoms with Crippen LogP contribution in [-0.4, -0.2) is 36.6 Å². The van der Waals surface area contributed by atoms with Crippen LogP contribution < -0.4 is 10.4 Å². The molecular formula is C12H17N2O4S-. The predicted molar refractivity (Wildman–Crippen MR) is 68.6 cm³/mol. The average molecular weight is 285 g/mol. The first-order valence-electron chi connectivity index (χ1n) is 6.09. The Labute approximate surface area is 115 Å². The quantitative estimate of drug-likeness (QED) is 0.619. The van der Waals surface area contributed by atoms with Crippen LogP contribution >= 0.6 is 11.3 Å². The second-order valence-corrected chi connectivity index (χ2v) is 4.80. The van der Waals surface area contributed by atoms with Crippen LogP contribution in [0.4, 0.5) is 0 Å². The van der Waals surface area contributed by atoms with E-state index < -0.39 is 5.97 Å². The van der Waals surface area contributed by atoms with Crippen LogP contribution in [0.5, 0.6) is 0 Å². The molecule has 0 atom stereocenters. The van der Waals surface area contributed by atoms with Crippen LogP contribution in [0, 0.1) is 0 Å². The lowest BCUT2D eigenvalue weighted by molar-refractivity contribution is -0.304. The molecule has 0 aliphatic rings. The van der Waals surface area contributed by atoms with Crippen molar-refractivity contribution in [3.8, 4) is 0 Å². The third-order valence-corrected chi connectivity index (χ3v) is 3.13. The second-order valence-electron chi connectivity index (χ2n) is 3.86. The molecule has 0 unspecified atom stereocenters. The number of nitrogens with one attached hydrogen (secondary N) is 1. The van der Waals surface area contributed by atoms with Crippen LogP contribution in [-0.2, 0) is 27.2 Å². The Morgan fingerprint density at radius 2 is 2.26 bits per heavy atom. The highest BCUT2D eigenvalue weighted by Crippen LogP contribution is 2.10. The highest BCUT2D eigenvalue weighted by atomic mass is 32.1. The summed E-state index contributed by atoms with van der Waals surface area (Å²) in [5.41, 5.74) is 0.434. The first kappa shape index (κ1) is 15.6. The fraction of sp³-hybridized carbons (Fsp3) is 0.583. The molecule has 1 heterocycles. The maximum atomic E-state index is 11.6. The number of hydrogen-bond acceptors (Lipinski definition) is 6. The molecule has 1 N–H and O–H groups in total. The smallest absolute Gasteiger partial charge is 0.226 e. The zero-order valence-electron chi connectivity index (χ0n) is 10.8. The number of carboxylic acid groups (broad SMARTS) is 1. The molecule has 1 rings (SSSR count). The Balaban J connectivity index is 2.24. The van der Waals surface area contributed by atoms with Crippen molar-refractivity contribution in [2.45, 2.75) is 26.2 Å². The molecule has 19 heavy (non-hydrogen) atoms. The molecule has 7 heteroatoms. The molecule has 1 amide bonds. The maximum Gasteiger partial charge on any atom is 0.226 e. The molecule has 0 fully saturated rings. The van der Waals surface area contributed by atoms with Gasteiger partial charge in [0, 0.05) is 37.5 Å². The lowest BCUT2D eigenvalue weighted by atomic mass is 10.3. The Hall–Kier alpha value is -1.47. The zero-order chi connectivity index (χ0) is 14.1. The van der Waals surface area contributed by atoms with Gasteiger partial charge in [0.25, 0.3) is 0 Å². The van der Waals surface area contributed by atoms with E-state index >= 15 is 0 Å². The molecule has 0 saturated heterocycles. The number of aromatic nitrogens is 1. The Morgan fingerprint density at radius 3 is 2.95 bits per heavy atom. The molecule has 0 aliphatic heterocycles. The first-order chi connectivity index (χ1) is 9.11. The van der Waals surface area contributed by atoms with Gasteiger partial charge in [-0.05, 0) is 13.3 Å². The highest BCUT2D eigenvalue weighted by molar-refractivity contribution is 7.09. The summed E-state index contributed by atoms with van der Waals surface area (Å²) in [6.45, 7) is 3.79. The summed E-state index contributed by atoms with van der Waals surface area (Å²) >= 11 is 1.28. The van der Waals surface area contributed by atoms with Gasteiger partial charge in [-0.3, -0.25) is 4.79 Å². The summed E-state index contributed by atoms with van der Waals surface area (Å²) in [5, 5.41) is 15.4. The van der Waals surface area contributed by atoms with Crippen molar-refractivity contribution in [1.82, 2.24) is 10.3 Å². The minimum Gasteiger partial charge on any atom is -0.550 e. The van der Waals surface area contributed by atoms with Crippen molar-refractivity contribution in [1.29, 1.82) is 0 Å². The van der Waals surface area contributed by atoms with Crippen LogP contribution in [0.15, 0.2) is 5.38 Å². The molecule has 0 aliphatic carbocycles. The van der Waals surface area contributed by atoms with E-state index in [-0.39, 0.29) is 18.7 Å². The van der Waals surface area contributed by atoms with Gasteiger partial charge in [-0.15, -0.1) is 11.3 Å². The number of amides is 1. The minimum absolute atomic E-state index is 0.120. The van der Waals surface area contributed by atoms with E-state index in [0.717, 1.165) is 6.42 Å². The fourth-order valence-electron chi connectivity index (χ4n) is 1.41. The first-order valence-corrected chi connectivity index (χ1v) is 6.97. The number of thiazole rings is 1. The van der Waals surface area contributed by atoms with Gasteiger partial charge in [-0.1, -0.05) is 0 Å². The van der Waals surface area contributed by atoms with Gasteiger partial charge in [0.15, 0.2) is 0 Å². The fourth-order valence-corrected chi connectivity index (χ4v) is 2.20. The van der Waals surface area contributed by atoms with Crippen molar-refractivity contribution in [2.75, 3.05) is 19.8 Å². The third kappa shape index (κ3) is 6.88. The third-order valence-electron chi connectivity index (χ3n) is 2.23. The number of hydrogen-bond donors (Lipinski definition) is 1. The summed E-state index contributed by atoms with van der Waals surface area (Å²) in [4.78, 5) is 26.0. The van der Waals surface area contributed by atoms with E-state index in [0.29, 0.717) is 30.5 Å². The predicted octanol–water partition coefficient (Wildman–Crippen LogP) is -0.479. The van der Waals surface area contributed by atoms with Crippen LogP contribution in [0.1, 0.15) is 24.0 Å². The number of ether oxygens (including phenoxy) is 1. The van der Waals surface area contributed by atoms with Gasteiger partial charge in [0.05, 0.1) is 12.1 Å². The lowest BCUT2D eigenvalue weighted by Crippen LogP contribution is -2.27. The maximum absolute atomic E-state index is 11.6. The van der Waals surface area contributed by atoms with E-state index in [1.165, 1.54) is 11.3 Å². The number of carboxylic acids is 1. The van der Waals surface area contributed by atoms with Crippen LogP contribution in [0.25, 0.3) is 0 Å². The van der Waals surface area contributed by atoms with Crippen LogP contribution in [0.3, 0.4) is 0 Å². The molecule has 0 saturated carbocycles. The molecule has 0 radical (unpaired) electrons.